The Morgan fingerprint density at radius 2 is 1.86 bits per heavy atom. The number of benzene rings is 1. The van der Waals surface area contributed by atoms with E-state index >= 15 is 0 Å². The largest absolute Gasteiger partial charge is 0.356 e. The third-order valence-corrected chi connectivity index (χ3v) is 4.92. The zero-order chi connectivity index (χ0) is 19.3. The van der Waals surface area contributed by atoms with Gasteiger partial charge in [0.05, 0.1) is 17.1 Å². The highest BCUT2D eigenvalue weighted by molar-refractivity contribution is 5.91. The molecule has 4 rings (SSSR count). The molecule has 3 heterocycles. The summed E-state index contributed by atoms with van der Waals surface area (Å²) < 4.78 is 1.77. The quantitative estimate of drug-likeness (QED) is 0.732. The van der Waals surface area contributed by atoms with Gasteiger partial charge < -0.3 is 15.5 Å². The first-order valence-electron chi connectivity index (χ1n) is 9.54. The molecule has 0 atom stereocenters. The van der Waals surface area contributed by atoms with Gasteiger partial charge in [-0.05, 0) is 50.1 Å². The van der Waals surface area contributed by atoms with Gasteiger partial charge in [-0.1, -0.05) is 18.2 Å². The Hall–Kier alpha value is -3.35. The molecule has 7 nitrogen and oxygen atoms in total. The second kappa shape index (κ2) is 8.12. The Morgan fingerprint density at radius 3 is 2.57 bits per heavy atom. The molecule has 0 unspecified atom stereocenters. The lowest BCUT2D eigenvalue weighted by Gasteiger charge is -2.33. The highest BCUT2D eigenvalue weighted by Gasteiger charge is 2.21. The molecule has 144 valence electrons. The van der Waals surface area contributed by atoms with E-state index in [1.54, 1.807) is 4.68 Å². The Morgan fingerprint density at radius 1 is 1.07 bits per heavy atom. The Labute approximate surface area is 164 Å². The van der Waals surface area contributed by atoms with Crippen LogP contribution in [0.2, 0.25) is 0 Å². The van der Waals surface area contributed by atoms with Crippen LogP contribution in [0.1, 0.15) is 18.5 Å². The third kappa shape index (κ3) is 4.14. The highest BCUT2D eigenvalue weighted by atomic mass is 16.2. The van der Waals surface area contributed by atoms with Gasteiger partial charge in [0.1, 0.15) is 5.82 Å². The molecular weight excluding hydrogens is 352 g/mol. The molecule has 0 bridgehead atoms. The van der Waals surface area contributed by atoms with Crippen molar-refractivity contribution < 1.29 is 4.79 Å². The maximum Gasteiger partial charge on any atom is 0.319 e. The summed E-state index contributed by atoms with van der Waals surface area (Å²) in [6.07, 6.45) is 5.49. The van der Waals surface area contributed by atoms with E-state index in [0.29, 0.717) is 0 Å². The lowest BCUT2D eigenvalue weighted by atomic mass is 10.1. The lowest BCUT2D eigenvalue weighted by molar-refractivity contribution is 0.246. The van der Waals surface area contributed by atoms with Gasteiger partial charge in [-0.2, -0.15) is 5.10 Å². The van der Waals surface area contributed by atoms with E-state index in [1.807, 2.05) is 67.8 Å². The fourth-order valence-corrected chi connectivity index (χ4v) is 3.47. The average molecular weight is 376 g/mol. The molecule has 3 aromatic rings. The van der Waals surface area contributed by atoms with Crippen molar-refractivity contribution in [1.82, 2.24) is 20.1 Å². The number of aryl methyl sites for hydroxylation is 1. The molecule has 1 aliphatic rings. The summed E-state index contributed by atoms with van der Waals surface area (Å²) in [5.74, 6) is 0.994. The van der Waals surface area contributed by atoms with Crippen LogP contribution in [0.25, 0.3) is 5.69 Å². The van der Waals surface area contributed by atoms with Gasteiger partial charge in [0.2, 0.25) is 0 Å². The van der Waals surface area contributed by atoms with Crippen LogP contribution in [0.3, 0.4) is 0 Å². The summed E-state index contributed by atoms with van der Waals surface area (Å²) in [5, 5.41) is 10.5. The number of carbonyl (C=O) groups is 1. The van der Waals surface area contributed by atoms with Crippen molar-refractivity contribution in [2.24, 2.45) is 0 Å². The summed E-state index contributed by atoms with van der Waals surface area (Å²) in [5.41, 5.74) is 2.50. The second-order valence-electron chi connectivity index (χ2n) is 6.97. The molecule has 2 amide bonds. The number of nitrogens with one attached hydrogen (secondary N) is 2. The molecule has 28 heavy (non-hydrogen) atoms. The number of carbonyl (C=O) groups excluding carboxylic acids is 1. The number of hydrogen-bond donors (Lipinski definition) is 2. The van der Waals surface area contributed by atoms with Crippen LogP contribution in [0.4, 0.5) is 16.3 Å². The summed E-state index contributed by atoms with van der Waals surface area (Å²) in [4.78, 5) is 19.2. The first kappa shape index (κ1) is 18.0. The zero-order valence-corrected chi connectivity index (χ0v) is 15.9. The SMILES string of the molecule is Cc1ccn(-c2ccccc2NC(=O)NC2CCN(c3ccccn3)CC2)n1. The number of aromatic nitrogens is 3. The van der Waals surface area contributed by atoms with E-state index in [0.717, 1.165) is 48.8 Å². The molecule has 1 aromatic carbocycles. The van der Waals surface area contributed by atoms with Crippen molar-refractivity contribution in [3.63, 3.8) is 0 Å². The van der Waals surface area contributed by atoms with E-state index in [9.17, 15) is 4.79 Å². The number of anilines is 2. The van der Waals surface area contributed by atoms with E-state index in [4.69, 9.17) is 0 Å². The van der Waals surface area contributed by atoms with Crippen LogP contribution in [0.5, 0.6) is 0 Å². The van der Waals surface area contributed by atoms with Crippen molar-refractivity contribution in [3.05, 3.63) is 66.6 Å². The molecule has 2 N–H and O–H groups in total. The van der Waals surface area contributed by atoms with E-state index in [1.165, 1.54) is 0 Å². The fraction of sp³-hybridized carbons (Fsp3) is 0.286. The molecule has 0 spiro atoms. The minimum Gasteiger partial charge on any atom is -0.356 e. The molecule has 1 saturated heterocycles. The number of rotatable bonds is 4. The number of piperidine rings is 1. The molecule has 0 saturated carbocycles. The van der Waals surface area contributed by atoms with Gasteiger partial charge in [-0.15, -0.1) is 0 Å². The van der Waals surface area contributed by atoms with Crippen molar-refractivity contribution in [1.29, 1.82) is 0 Å². The van der Waals surface area contributed by atoms with Gasteiger partial charge >= 0.3 is 6.03 Å². The number of amides is 2. The minimum atomic E-state index is -0.187. The molecule has 0 aliphatic carbocycles. The van der Waals surface area contributed by atoms with Gasteiger partial charge in [0.25, 0.3) is 0 Å². The first-order valence-corrected chi connectivity index (χ1v) is 9.54. The van der Waals surface area contributed by atoms with Gasteiger partial charge in [0.15, 0.2) is 0 Å². The summed E-state index contributed by atoms with van der Waals surface area (Å²) >= 11 is 0. The molecule has 7 heteroatoms. The number of nitrogens with zero attached hydrogens (tertiary/aromatic N) is 4. The van der Waals surface area contributed by atoms with Crippen molar-refractivity contribution >= 4 is 17.5 Å². The Kier molecular flexibility index (Phi) is 5.23. The first-order chi connectivity index (χ1) is 13.7. The fourth-order valence-electron chi connectivity index (χ4n) is 3.47. The van der Waals surface area contributed by atoms with E-state index in [-0.39, 0.29) is 12.1 Å². The van der Waals surface area contributed by atoms with Gasteiger partial charge in [-0.3, -0.25) is 0 Å². The van der Waals surface area contributed by atoms with Crippen LogP contribution >= 0.6 is 0 Å². The van der Waals surface area contributed by atoms with Crippen LogP contribution in [-0.4, -0.2) is 39.9 Å². The third-order valence-electron chi connectivity index (χ3n) is 4.92. The van der Waals surface area contributed by atoms with Gasteiger partial charge in [0, 0.05) is 31.5 Å². The van der Waals surface area contributed by atoms with Crippen LogP contribution in [0, 0.1) is 6.92 Å². The zero-order valence-electron chi connectivity index (χ0n) is 15.9. The van der Waals surface area contributed by atoms with Crippen molar-refractivity contribution in [2.75, 3.05) is 23.3 Å². The molecule has 1 fully saturated rings. The lowest BCUT2D eigenvalue weighted by Crippen LogP contribution is -2.46. The van der Waals surface area contributed by atoms with Crippen molar-refractivity contribution in [2.45, 2.75) is 25.8 Å². The summed E-state index contributed by atoms with van der Waals surface area (Å²) in [7, 11) is 0. The topological polar surface area (TPSA) is 75.1 Å². The predicted molar refractivity (Wildman–Crippen MR) is 110 cm³/mol. The highest BCUT2D eigenvalue weighted by Crippen LogP contribution is 2.20. The van der Waals surface area contributed by atoms with Crippen LogP contribution < -0.4 is 15.5 Å². The number of para-hydroxylation sites is 2. The summed E-state index contributed by atoms with van der Waals surface area (Å²) in [6.45, 7) is 3.70. The van der Waals surface area contributed by atoms with Crippen molar-refractivity contribution in [3.8, 4) is 5.69 Å². The smallest absolute Gasteiger partial charge is 0.319 e. The number of urea groups is 1. The second-order valence-corrected chi connectivity index (χ2v) is 6.97. The monoisotopic (exact) mass is 376 g/mol. The minimum absolute atomic E-state index is 0.152. The molecule has 1 aliphatic heterocycles. The Balaban J connectivity index is 1.35. The normalized spacial score (nSPS) is 14.7. The predicted octanol–water partition coefficient (Wildman–Crippen LogP) is 3.37. The number of hydrogen-bond acceptors (Lipinski definition) is 4. The van der Waals surface area contributed by atoms with E-state index < -0.39 is 0 Å². The van der Waals surface area contributed by atoms with Crippen LogP contribution in [-0.2, 0) is 0 Å². The van der Waals surface area contributed by atoms with Crippen LogP contribution in [0.15, 0.2) is 60.9 Å². The van der Waals surface area contributed by atoms with Gasteiger partial charge in [-0.25, -0.2) is 14.5 Å². The van der Waals surface area contributed by atoms with E-state index in [2.05, 4.69) is 25.6 Å². The summed E-state index contributed by atoms with van der Waals surface area (Å²) in [6, 6.07) is 15.5. The maximum absolute atomic E-state index is 12.5. The molecular formula is C21H24N6O. The Bertz CT molecular complexity index is 931. The molecule has 2 aromatic heterocycles. The average Bonchev–Trinajstić information content (AvgIpc) is 3.16. The maximum atomic E-state index is 12.5. The molecule has 0 radical (unpaired) electrons. The number of pyridine rings is 1. The standard InChI is InChI=1S/C21H24N6O/c1-16-9-15-27(25-16)19-7-3-2-6-18(19)24-21(28)23-17-10-13-26(14-11-17)20-8-4-5-12-22-20/h2-9,12,15,17H,10-11,13-14H2,1H3,(H2,23,24,28).